The number of amides is 1. The van der Waals surface area contributed by atoms with Gasteiger partial charge in [0, 0.05) is 23.9 Å². The third-order valence-corrected chi connectivity index (χ3v) is 6.77. The summed E-state index contributed by atoms with van der Waals surface area (Å²) < 4.78 is 15.0. The summed E-state index contributed by atoms with van der Waals surface area (Å²) in [6, 6.07) is 6.70. The molecule has 3 aromatic rings. The fourth-order valence-corrected chi connectivity index (χ4v) is 4.57. The normalized spacial score (nSPS) is 21.7. The number of fused-ring (bicyclic) bond motifs is 1. The van der Waals surface area contributed by atoms with E-state index in [9.17, 15) is 9.18 Å². The van der Waals surface area contributed by atoms with E-state index in [1.54, 1.807) is 22.8 Å². The predicted molar refractivity (Wildman–Crippen MR) is 115 cm³/mol. The molecule has 1 aliphatic rings. The molecule has 0 spiro atoms. The van der Waals surface area contributed by atoms with Gasteiger partial charge < -0.3 is 5.32 Å². The maximum Gasteiger partial charge on any atom is 0.256 e. The summed E-state index contributed by atoms with van der Waals surface area (Å²) in [5.41, 5.74) is 4.95. The second-order valence-electron chi connectivity index (χ2n) is 8.71. The molecule has 0 aliphatic heterocycles. The molecule has 3 atom stereocenters. The highest BCUT2D eigenvalue weighted by Gasteiger charge is 2.29. The monoisotopic (exact) mass is 408 g/mol. The van der Waals surface area contributed by atoms with Gasteiger partial charge in [0.2, 0.25) is 0 Å². The van der Waals surface area contributed by atoms with Gasteiger partial charge >= 0.3 is 0 Å². The van der Waals surface area contributed by atoms with E-state index in [0.29, 0.717) is 29.5 Å². The van der Waals surface area contributed by atoms with Crippen LogP contribution in [-0.4, -0.2) is 26.5 Å². The molecule has 1 amide bonds. The van der Waals surface area contributed by atoms with Crippen LogP contribution in [0.3, 0.4) is 0 Å². The summed E-state index contributed by atoms with van der Waals surface area (Å²) in [6.07, 6.45) is 5.64. The average Bonchev–Trinajstić information content (AvgIpc) is 3.14. The average molecular weight is 409 g/mol. The molecule has 1 aromatic carbocycles. The van der Waals surface area contributed by atoms with Gasteiger partial charge in [0.25, 0.3) is 5.91 Å². The molecular formula is C24H29FN4O. The Morgan fingerprint density at radius 3 is 2.67 bits per heavy atom. The maximum absolute atomic E-state index is 13.2. The summed E-state index contributed by atoms with van der Waals surface area (Å²) in [5, 5.41) is 7.68. The number of hydrogen-bond donors (Lipinski definition) is 1. The lowest BCUT2D eigenvalue weighted by Gasteiger charge is -2.34. The second-order valence-corrected chi connectivity index (χ2v) is 8.71. The van der Waals surface area contributed by atoms with E-state index in [1.165, 1.54) is 18.6 Å². The number of hydrogen-bond acceptors (Lipinski definition) is 3. The Balaban J connectivity index is 1.62. The van der Waals surface area contributed by atoms with Crippen LogP contribution in [0, 0.1) is 31.5 Å². The predicted octanol–water partition coefficient (Wildman–Crippen LogP) is 4.63. The minimum atomic E-state index is -0.245. The number of rotatable bonds is 4. The highest BCUT2D eigenvalue weighted by atomic mass is 19.1. The Hall–Kier alpha value is -2.76. The first kappa shape index (κ1) is 20.5. The van der Waals surface area contributed by atoms with E-state index in [-0.39, 0.29) is 17.8 Å². The fourth-order valence-electron chi connectivity index (χ4n) is 4.57. The molecule has 0 saturated heterocycles. The smallest absolute Gasteiger partial charge is 0.256 e. The lowest BCUT2D eigenvalue weighted by molar-refractivity contribution is 0.0892. The molecule has 0 radical (unpaired) electrons. The van der Waals surface area contributed by atoms with Crippen LogP contribution >= 0.6 is 0 Å². The molecule has 1 fully saturated rings. The van der Waals surface area contributed by atoms with Crippen molar-refractivity contribution >= 4 is 11.6 Å². The molecule has 5 nitrogen and oxygen atoms in total. The molecule has 0 bridgehead atoms. The van der Waals surface area contributed by atoms with Gasteiger partial charge in [-0.1, -0.05) is 38.8 Å². The van der Waals surface area contributed by atoms with Crippen LogP contribution in [0.25, 0.3) is 5.65 Å². The highest BCUT2D eigenvalue weighted by molar-refractivity contribution is 5.99. The first-order chi connectivity index (χ1) is 14.3. The van der Waals surface area contributed by atoms with E-state index in [4.69, 9.17) is 4.98 Å². The molecule has 1 aliphatic carbocycles. The van der Waals surface area contributed by atoms with Crippen molar-refractivity contribution in [1.82, 2.24) is 19.9 Å². The summed E-state index contributed by atoms with van der Waals surface area (Å²) >= 11 is 0. The molecule has 158 valence electrons. The lowest BCUT2D eigenvalue weighted by Crippen LogP contribution is -2.43. The van der Waals surface area contributed by atoms with Gasteiger partial charge in [-0.25, -0.2) is 13.9 Å². The Bertz CT molecular complexity index is 1070. The Morgan fingerprint density at radius 2 is 1.93 bits per heavy atom. The number of aromatic nitrogens is 3. The molecular weight excluding hydrogens is 379 g/mol. The minimum absolute atomic E-state index is 0.103. The van der Waals surface area contributed by atoms with E-state index < -0.39 is 0 Å². The zero-order valence-electron chi connectivity index (χ0n) is 18.1. The molecule has 4 rings (SSSR count). The molecule has 2 aromatic heterocycles. The van der Waals surface area contributed by atoms with Crippen molar-refractivity contribution in [2.45, 2.75) is 59.4 Å². The molecule has 30 heavy (non-hydrogen) atoms. The Labute approximate surface area is 176 Å². The van der Waals surface area contributed by atoms with Crippen molar-refractivity contribution in [3.8, 4) is 0 Å². The Morgan fingerprint density at radius 1 is 1.20 bits per heavy atom. The SMILES string of the molecule is Cc1nc2c(C(=O)NC3CCCC(C)C3C)cnn2c(C)c1Cc1ccc(F)cc1. The van der Waals surface area contributed by atoms with Gasteiger partial charge in [-0.2, -0.15) is 5.10 Å². The number of nitrogens with zero attached hydrogens (tertiary/aromatic N) is 3. The van der Waals surface area contributed by atoms with E-state index in [2.05, 4.69) is 24.3 Å². The van der Waals surface area contributed by atoms with Crippen LogP contribution in [0.1, 0.15) is 66.0 Å². The third-order valence-electron chi connectivity index (χ3n) is 6.77. The fraction of sp³-hybridized carbons (Fsp3) is 0.458. The van der Waals surface area contributed by atoms with Crippen LogP contribution in [0.5, 0.6) is 0 Å². The molecule has 6 heteroatoms. The number of aryl methyl sites for hydroxylation is 2. The first-order valence-corrected chi connectivity index (χ1v) is 10.7. The number of nitrogens with one attached hydrogen (secondary N) is 1. The maximum atomic E-state index is 13.2. The molecule has 1 saturated carbocycles. The van der Waals surface area contributed by atoms with Gasteiger partial charge in [0.05, 0.1) is 6.20 Å². The number of benzene rings is 1. The van der Waals surface area contributed by atoms with Gasteiger partial charge in [-0.05, 0) is 55.4 Å². The van der Waals surface area contributed by atoms with Crippen molar-refractivity contribution in [2.24, 2.45) is 11.8 Å². The Kier molecular flexibility index (Phi) is 5.58. The minimum Gasteiger partial charge on any atom is -0.349 e. The highest BCUT2D eigenvalue weighted by Crippen LogP contribution is 2.30. The van der Waals surface area contributed by atoms with Gasteiger partial charge in [-0.3, -0.25) is 4.79 Å². The number of halogens is 1. The van der Waals surface area contributed by atoms with Crippen molar-refractivity contribution in [3.05, 3.63) is 64.4 Å². The topological polar surface area (TPSA) is 59.3 Å². The van der Waals surface area contributed by atoms with Crippen LogP contribution < -0.4 is 5.32 Å². The molecule has 1 N–H and O–H groups in total. The van der Waals surface area contributed by atoms with Gasteiger partial charge in [0.1, 0.15) is 11.4 Å². The third kappa shape index (κ3) is 3.83. The zero-order chi connectivity index (χ0) is 21.4. The number of carbonyl (C=O) groups excluding carboxylic acids is 1. The van der Waals surface area contributed by atoms with Crippen molar-refractivity contribution in [2.75, 3.05) is 0 Å². The van der Waals surface area contributed by atoms with E-state index >= 15 is 0 Å². The van der Waals surface area contributed by atoms with Crippen LogP contribution in [0.2, 0.25) is 0 Å². The molecule has 3 unspecified atom stereocenters. The van der Waals surface area contributed by atoms with E-state index in [0.717, 1.165) is 35.4 Å². The summed E-state index contributed by atoms with van der Waals surface area (Å²) in [5.74, 6) is 0.728. The van der Waals surface area contributed by atoms with Crippen LogP contribution in [-0.2, 0) is 6.42 Å². The van der Waals surface area contributed by atoms with Crippen molar-refractivity contribution in [3.63, 3.8) is 0 Å². The zero-order valence-corrected chi connectivity index (χ0v) is 18.1. The lowest BCUT2D eigenvalue weighted by atomic mass is 9.78. The summed E-state index contributed by atoms with van der Waals surface area (Å²) in [4.78, 5) is 17.8. The summed E-state index contributed by atoms with van der Waals surface area (Å²) in [7, 11) is 0. The van der Waals surface area contributed by atoms with Crippen LogP contribution in [0.15, 0.2) is 30.5 Å². The standard InChI is InChI=1S/C24H29FN4O/c1-14-6-5-7-22(15(14)2)28-24(30)21-13-26-29-17(4)20(16(3)27-23(21)29)12-18-8-10-19(25)11-9-18/h8-11,13-15,22H,5-7,12H2,1-4H3,(H,28,30). The van der Waals surface area contributed by atoms with Gasteiger partial charge in [-0.15, -0.1) is 0 Å². The first-order valence-electron chi connectivity index (χ1n) is 10.7. The van der Waals surface area contributed by atoms with Crippen molar-refractivity contribution in [1.29, 1.82) is 0 Å². The van der Waals surface area contributed by atoms with Crippen molar-refractivity contribution < 1.29 is 9.18 Å². The second kappa shape index (κ2) is 8.17. The van der Waals surface area contributed by atoms with E-state index in [1.807, 2.05) is 13.8 Å². The quantitative estimate of drug-likeness (QED) is 0.685. The largest absolute Gasteiger partial charge is 0.349 e. The van der Waals surface area contributed by atoms with Crippen LogP contribution in [0.4, 0.5) is 4.39 Å². The molecule has 2 heterocycles. The van der Waals surface area contributed by atoms with Gasteiger partial charge in [0.15, 0.2) is 5.65 Å². The number of carbonyl (C=O) groups is 1. The summed E-state index contributed by atoms with van der Waals surface area (Å²) in [6.45, 7) is 8.42.